The minimum absolute atomic E-state index is 0.660. The number of aromatic nitrogens is 4. The Morgan fingerprint density at radius 1 is 0.212 bits per heavy atom. The molecular weight excluding hydrogens is 809 g/mol. The van der Waals surface area contributed by atoms with E-state index in [1.54, 1.807) is 0 Å². The highest BCUT2D eigenvalue weighted by Crippen LogP contribution is 2.50. The summed E-state index contributed by atoms with van der Waals surface area (Å²) in [5, 5.41) is 9.61. The van der Waals surface area contributed by atoms with Gasteiger partial charge in [-0.2, -0.15) is 0 Å². The molecule has 0 bridgehead atoms. The van der Waals surface area contributed by atoms with Gasteiger partial charge in [-0.15, -0.1) is 0 Å². The summed E-state index contributed by atoms with van der Waals surface area (Å²) < 4.78 is 23.3. The van der Waals surface area contributed by atoms with Crippen LogP contribution in [-0.4, -0.2) is 18.3 Å². The van der Waals surface area contributed by atoms with Crippen molar-refractivity contribution in [2.24, 2.45) is 0 Å². The second-order valence-electron chi connectivity index (χ2n) is 17.3. The van der Waals surface area contributed by atoms with Crippen LogP contribution in [0.2, 0.25) is 0 Å². The molecule has 0 atom stereocenters. The van der Waals surface area contributed by atoms with E-state index in [2.05, 4.69) is 225 Å². The van der Waals surface area contributed by atoms with Crippen LogP contribution in [0.3, 0.4) is 0 Å². The Morgan fingerprint density at radius 3 is 0.848 bits per heavy atom. The number of nitrogens with zero attached hydrogens (tertiary/aromatic N) is 4. The van der Waals surface area contributed by atoms with Crippen molar-refractivity contribution in [3.63, 3.8) is 0 Å². The minimum Gasteiger partial charge on any atom is -0.450 e. The summed E-state index contributed by atoms with van der Waals surface area (Å²) in [6, 6.07) is 78.0. The van der Waals surface area contributed by atoms with Gasteiger partial charge in [-0.1, -0.05) is 133 Å². The van der Waals surface area contributed by atoms with Crippen LogP contribution in [-0.2, 0) is 0 Å². The van der Waals surface area contributed by atoms with Crippen molar-refractivity contribution in [2.75, 3.05) is 0 Å². The molecular formula is C60H36N4O2. The van der Waals surface area contributed by atoms with Gasteiger partial charge in [-0.25, -0.2) is 0 Å². The average molecular weight is 845 g/mol. The fourth-order valence-corrected chi connectivity index (χ4v) is 11.1. The molecule has 6 heteroatoms. The first-order valence-electron chi connectivity index (χ1n) is 22.4. The predicted molar refractivity (Wildman–Crippen MR) is 270 cm³/mol. The molecule has 4 aromatic heterocycles. The lowest BCUT2D eigenvalue weighted by molar-refractivity contribution is 0.359. The van der Waals surface area contributed by atoms with Crippen LogP contribution >= 0.6 is 0 Å². The van der Waals surface area contributed by atoms with Crippen LogP contribution < -0.4 is 9.47 Å². The van der Waals surface area contributed by atoms with Gasteiger partial charge in [0.05, 0.1) is 55.5 Å². The Labute approximate surface area is 377 Å². The Balaban J connectivity index is 0.938. The van der Waals surface area contributed by atoms with Crippen LogP contribution in [0.15, 0.2) is 218 Å². The van der Waals surface area contributed by atoms with Crippen molar-refractivity contribution in [1.29, 1.82) is 0 Å². The molecule has 0 radical (unpaired) electrons. The molecule has 0 aliphatic carbocycles. The lowest BCUT2D eigenvalue weighted by Gasteiger charge is -2.23. The van der Waals surface area contributed by atoms with Crippen molar-refractivity contribution in [3.05, 3.63) is 218 Å². The lowest BCUT2D eigenvalue weighted by atomic mass is 10.1. The molecule has 10 aromatic carbocycles. The van der Waals surface area contributed by atoms with Gasteiger partial charge < -0.3 is 27.7 Å². The third kappa shape index (κ3) is 4.79. The topological polar surface area (TPSA) is 38.2 Å². The first-order chi connectivity index (χ1) is 32.8. The third-order valence-corrected chi connectivity index (χ3v) is 13.8. The van der Waals surface area contributed by atoms with Gasteiger partial charge in [0.1, 0.15) is 0 Å². The number of ether oxygens (including phenoxy) is 2. The molecule has 0 amide bonds. The van der Waals surface area contributed by atoms with Gasteiger partial charge in [0.2, 0.25) is 0 Å². The second kappa shape index (κ2) is 13.3. The Kier molecular flexibility index (Phi) is 7.13. The van der Waals surface area contributed by atoms with E-state index in [-0.39, 0.29) is 0 Å². The van der Waals surface area contributed by atoms with Crippen LogP contribution in [0.1, 0.15) is 0 Å². The maximum Gasteiger partial charge on any atom is 0.172 e. The molecule has 15 rings (SSSR count). The monoisotopic (exact) mass is 844 g/mol. The summed E-state index contributed by atoms with van der Waals surface area (Å²) in [4.78, 5) is 0. The van der Waals surface area contributed by atoms with Crippen molar-refractivity contribution >= 4 is 87.2 Å². The number of benzene rings is 10. The van der Waals surface area contributed by atoms with Crippen LogP contribution in [0.25, 0.3) is 110 Å². The molecule has 308 valence electrons. The number of hydrogen-bond donors (Lipinski definition) is 0. The SMILES string of the molecule is c1ccc(-n2c3ccccc3c3ccc4c5ccccc5n(-c5ccc6c(c5)Oc5cc(-n7c8ccccc8c8ccc9c%10ccccc%10n(-c%10ccccc%10)c9c87)ccc5O6)c4c32)cc1. The number of fused-ring (bicyclic) bond motifs is 16. The van der Waals surface area contributed by atoms with E-state index in [1.165, 1.54) is 54.1 Å². The summed E-state index contributed by atoms with van der Waals surface area (Å²) >= 11 is 0. The van der Waals surface area contributed by atoms with Crippen molar-refractivity contribution < 1.29 is 9.47 Å². The van der Waals surface area contributed by atoms with Gasteiger partial charge in [-0.3, -0.25) is 0 Å². The number of para-hydroxylation sites is 6. The molecule has 5 heterocycles. The van der Waals surface area contributed by atoms with Gasteiger partial charge in [0, 0.05) is 66.6 Å². The van der Waals surface area contributed by atoms with E-state index in [0.717, 1.165) is 55.8 Å². The highest BCUT2D eigenvalue weighted by atomic mass is 16.6. The van der Waals surface area contributed by atoms with Crippen LogP contribution in [0, 0.1) is 0 Å². The van der Waals surface area contributed by atoms with E-state index < -0.39 is 0 Å². The van der Waals surface area contributed by atoms with Crippen LogP contribution in [0.5, 0.6) is 23.0 Å². The summed E-state index contributed by atoms with van der Waals surface area (Å²) in [5.74, 6) is 2.67. The van der Waals surface area contributed by atoms with E-state index in [1.807, 2.05) is 12.1 Å². The zero-order valence-corrected chi connectivity index (χ0v) is 35.4. The fourth-order valence-electron chi connectivity index (χ4n) is 11.1. The molecule has 1 aliphatic heterocycles. The highest BCUT2D eigenvalue weighted by molar-refractivity contribution is 6.25. The first-order valence-corrected chi connectivity index (χ1v) is 22.4. The third-order valence-electron chi connectivity index (χ3n) is 13.8. The molecule has 0 saturated carbocycles. The summed E-state index contributed by atoms with van der Waals surface area (Å²) in [7, 11) is 0. The Bertz CT molecular complexity index is 4060. The number of rotatable bonds is 4. The molecule has 0 N–H and O–H groups in total. The van der Waals surface area contributed by atoms with E-state index in [0.29, 0.717) is 23.0 Å². The first kappa shape index (κ1) is 35.5. The van der Waals surface area contributed by atoms with E-state index in [4.69, 9.17) is 9.47 Å². The molecule has 0 spiro atoms. The molecule has 0 saturated heterocycles. The lowest BCUT2D eigenvalue weighted by Crippen LogP contribution is -2.03. The van der Waals surface area contributed by atoms with Crippen molar-refractivity contribution in [2.45, 2.75) is 0 Å². The van der Waals surface area contributed by atoms with Crippen LogP contribution in [0.4, 0.5) is 0 Å². The predicted octanol–water partition coefficient (Wildman–Crippen LogP) is 16.0. The van der Waals surface area contributed by atoms with Crippen molar-refractivity contribution in [1.82, 2.24) is 18.3 Å². The summed E-state index contributed by atoms with van der Waals surface area (Å²) in [6.45, 7) is 0. The molecule has 6 nitrogen and oxygen atoms in total. The second-order valence-corrected chi connectivity index (χ2v) is 17.3. The minimum atomic E-state index is 0.660. The normalized spacial score (nSPS) is 12.5. The standard InChI is InChI=1S/C60H36N4O2/c1-3-15-37(16-4-1)61-49-23-11-7-19-41(49)45-29-31-47-43-21-9-13-25-51(43)63(59(47)57(45)61)39-27-33-53-55(35-39)66-56-36-40(28-34-54(56)65-53)64-52-26-14-10-22-44(52)48-32-30-46-42-20-8-12-24-50(42)62(58(46)60(48)64)38-17-5-2-6-18-38/h1-36H. The zero-order valence-electron chi connectivity index (χ0n) is 35.4. The maximum atomic E-state index is 7.00. The summed E-state index contributed by atoms with van der Waals surface area (Å²) in [6.07, 6.45) is 0. The Morgan fingerprint density at radius 2 is 0.500 bits per heavy atom. The highest BCUT2D eigenvalue weighted by Gasteiger charge is 2.26. The van der Waals surface area contributed by atoms with Gasteiger partial charge >= 0.3 is 0 Å². The summed E-state index contributed by atoms with van der Waals surface area (Å²) in [5.41, 5.74) is 13.4. The molecule has 0 unspecified atom stereocenters. The van der Waals surface area contributed by atoms with Gasteiger partial charge in [-0.05, 0) is 72.8 Å². The molecule has 0 fully saturated rings. The zero-order chi connectivity index (χ0) is 43.0. The average Bonchev–Trinajstić information content (AvgIpc) is 4.11. The smallest absolute Gasteiger partial charge is 0.172 e. The van der Waals surface area contributed by atoms with Gasteiger partial charge in [0.15, 0.2) is 23.0 Å². The van der Waals surface area contributed by atoms with E-state index >= 15 is 0 Å². The molecule has 1 aliphatic rings. The van der Waals surface area contributed by atoms with Crippen molar-refractivity contribution in [3.8, 4) is 45.7 Å². The molecule has 66 heavy (non-hydrogen) atoms. The molecule has 14 aromatic rings. The van der Waals surface area contributed by atoms with Gasteiger partial charge in [0.25, 0.3) is 0 Å². The Hall–Kier alpha value is -9.00. The number of hydrogen-bond acceptors (Lipinski definition) is 2. The van der Waals surface area contributed by atoms with E-state index in [9.17, 15) is 0 Å². The largest absolute Gasteiger partial charge is 0.450 e. The maximum absolute atomic E-state index is 7.00. The quantitative estimate of drug-likeness (QED) is 0.177. The fraction of sp³-hybridized carbons (Fsp3) is 0.